The van der Waals surface area contributed by atoms with Gasteiger partial charge in [-0.2, -0.15) is 0 Å². The molecule has 0 aromatic carbocycles. The zero-order valence-electron chi connectivity index (χ0n) is 14.4. The van der Waals surface area contributed by atoms with Gasteiger partial charge in [0.05, 0.1) is 0 Å². The molecule has 1 unspecified atom stereocenters. The number of likely N-dealkylation sites (N-methyl/N-ethyl adjacent to an activating group) is 1. The minimum Gasteiger partial charge on any atom is -0.480 e. The van der Waals surface area contributed by atoms with Crippen molar-refractivity contribution in [3.05, 3.63) is 0 Å². The van der Waals surface area contributed by atoms with Crippen LogP contribution in [0.25, 0.3) is 0 Å². The van der Waals surface area contributed by atoms with Crippen molar-refractivity contribution in [1.82, 2.24) is 10.2 Å². The van der Waals surface area contributed by atoms with Crippen LogP contribution in [0.4, 0.5) is 0 Å². The highest BCUT2D eigenvalue weighted by atomic mass is 16.4. The van der Waals surface area contributed by atoms with Crippen molar-refractivity contribution in [3.63, 3.8) is 0 Å². The molecule has 1 aliphatic heterocycles. The molecule has 0 aromatic heterocycles. The Labute approximate surface area is 130 Å². The van der Waals surface area contributed by atoms with Gasteiger partial charge in [-0.15, -0.1) is 0 Å². The molecular formula is C17H34N2O2. The lowest BCUT2D eigenvalue weighted by Crippen LogP contribution is -2.47. The fourth-order valence-corrected chi connectivity index (χ4v) is 3.36. The minimum atomic E-state index is -0.776. The highest BCUT2D eigenvalue weighted by Crippen LogP contribution is 2.37. The van der Waals surface area contributed by atoms with Gasteiger partial charge in [0.1, 0.15) is 5.54 Å². The molecule has 0 bridgehead atoms. The van der Waals surface area contributed by atoms with Crippen LogP contribution in [0.5, 0.6) is 0 Å². The number of likely N-dealkylation sites (tertiary alicyclic amines) is 1. The Hall–Kier alpha value is -0.610. The van der Waals surface area contributed by atoms with Gasteiger partial charge in [0, 0.05) is 0 Å². The second-order valence-electron chi connectivity index (χ2n) is 6.89. The first-order valence-corrected chi connectivity index (χ1v) is 8.56. The van der Waals surface area contributed by atoms with Gasteiger partial charge in [-0.05, 0) is 71.1 Å². The molecular weight excluding hydrogens is 264 g/mol. The molecule has 2 N–H and O–H groups in total. The van der Waals surface area contributed by atoms with E-state index in [1.165, 1.54) is 38.8 Å². The normalized spacial score (nSPS) is 21.9. The first-order valence-electron chi connectivity index (χ1n) is 8.56. The molecule has 1 atom stereocenters. The Morgan fingerprint density at radius 2 is 1.81 bits per heavy atom. The maximum absolute atomic E-state index is 11.2. The third kappa shape index (κ3) is 4.96. The van der Waals surface area contributed by atoms with Crippen LogP contribution in [0.2, 0.25) is 0 Å². The number of unbranched alkanes of at least 4 members (excludes halogenated alkanes) is 1. The van der Waals surface area contributed by atoms with Gasteiger partial charge in [-0.3, -0.25) is 4.79 Å². The number of carboxylic acid groups (broad SMARTS) is 1. The van der Waals surface area contributed by atoms with E-state index < -0.39 is 11.5 Å². The van der Waals surface area contributed by atoms with Crippen molar-refractivity contribution in [2.75, 3.05) is 26.7 Å². The van der Waals surface area contributed by atoms with Gasteiger partial charge in [0.2, 0.25) is 0 Å². The number of carbonyl (C=O) groups is 1. The van der Waals surface area contributed by atoms with E-state index in [4.69, 9.17) is 0 Å². The molecule has 0 spiro atoms. The summed E-state index contributed by atoms with van der Waals surface area (Å²) < 4.78 is 0. The fraction of sp³-hybridized carbons (Fsp3) is 0.941. The summed E-state index contributed by atoms with van der Waals surface area (Å²) in [5.41, 5.74) is -0.189. The molecule has 21 heavy (non-hydrogen) atoms. The fourth-order valence-electron chi connectivity index (χ4n) is 3.36. The number of carboxylic acids is 1. The maximum Gasteiger partial charge on any atom is 0.323 e. The van der Waals surface area contributed by atoms with Gasteiger partial charge < -0.3 is 15.3 Å². The Morgan fingerprint density at radius 3 is 2.24 bits per heavy atom. The third-order valence-corrected chi connectivity index (χ3v) is 5.84. The molecule has 1 aliphatic rings. The Kier molecular flexibility index (Phi) is 7.14. The van der Waals surface area contributed by atoms with E-state index in [1.54, 1.807) is 14.0 Å². The average Bonchev–Trinajstić information content (AvgIpc) is 2.51. The maximum atomic E-state index is 11.2. The summed E-state index contributed by atoms with van der Waals surface area (Å²) in [7, 11) is 1.73. The number of aliphatic carboxylic acids is 1. The third-order valence-electron chi connectivity index (χ3n) is 5.84. The molecule has 0 aromatic rings. The molecule has 0 saturated carbocycles. The van der Waals surface area contributed by atoms with Gasteiger partial charge in [0.15, 0.2) is 0 Å². The van der Waals surface area contributed by atoms with E-state index in [1.807, 2.05) is 0 Å². The molecule has 4 nitrogen and oxygen atoms in total. The van der Waals surface area contributed by atoms with Gasteiger partial charge in [-0.1, -0.05) is 26.7 Å². The number of nitrogens with one attached hydrogen (secondary N) is 1. The van der Waals surface area contributed by atoms with Crippen LogP contribution in [0.3, 0.4) is 0 Å². The summed E-state index contributed by atoms with van der Waals surface area (Å²) in [4.78, 5) is 13.8. The molecule has 124 valence electrons. The summed E-state index contributed by atoms with van der Waals surface area (Å²) in [6, 6.07) is 0. The molecule has 1 heterocycles. The lowest BCUT2D eigenvalue weighted by Gasteiger charge is -2.41. The Balaban J connectivity index is 2.25. The summed E-state index contributed by atoms with van der Waals surface area (Å²) in [5, 5.41) is 12.1. The second-order valence-corrected chi connectivity index (χ2v) is 6.89. The number of hydrogen-bond acceptors (Lipinski definition) is 3. The molecule has 0 aliphatic carbocycles. The molecule has 1 saturated heterocycles. The Morgan fingerprint density at radius 1 is 1.24 bits per heavy atom. The summed E-state index contributed by atoms with van der Waals surface area (Å²) >= 11 is 0. The van der Waals surface area contributed by atoms with Crippen molar-refractivity contribution in [1.29, 1.82) is 0 Å². The van der Waals surface area contributed by atoms with E-state index in [9.17, 15) is 9.90 Å². The van der Waals surface area contributed by atoms with Crippen LogP contribution in [-0.2, 0) is 4.79 Å². The van der Waals surface area contributed by atoms with Gasteiger partial charge >= 0.3 is 5.97 Å². The van der Waals surface area contributed by atoms with Crippen molar-refractivity contribution in [2.24, 2.45) is 5.41 Å². The summed E-state index contributed by atoms with van der Waals surface area (Å²) in [5.74, 6) is -0.751. The average molecular weight is 298 g/mol. The van der Waals surface area contributed by atoms with Crippen LogP contribution in [0.1, 0.15) is 65.7 Å². The summed E-state index contributed by atoms with van der Waals surface area (Å²) in [6.07, 6.45) is 8.00. The van der Waals surface area contributed by atoms with Crippen LogP contribution in [0, 0.1) is 5.41 Å². The quantitative estimate of drug-likeness (QED) is 0.642. The predicted octanol–water partition coefficient (Wildman–Crippen LogP) is 3.12. The highest BCUT2D eigenvalue weighted by Gasteiger charge is 2.32. The van der Waals surface area contributed by atoms with Crippen LogP contribution < -0.4 is 5.32 Å². The molecule has 1 fully saturated rings. The smallest absolute Gasteiger partial charge is 0.323 e. The topological polar surface area (TPSA) is 52.6 Å². The van der Waals surface area contributed by atoms with Gasteiger partial charge in [0.25, 0.3) is 0 Å². The molecule has 0 amide bonds. The summed E-state index contributed by atoms with van der Waals surface area (Å²) in [6.45, 7) is 9.96. The lowest BCUT2D eigenvalue weighted by atomic mass is 9.74. The largest absolute Gasteiger partial charge is 0.480 e. The van der Waals surface area contributed by atoms with Crippen molar-refractivity contribution in [2.45, 2.75) is 71.3 Å². The molecule has 4 heteroatoms. The molecule has 1 rings (SSSR count). The predicted molar refractivity (Wildman–Crippen MR) is 87.6 cm³/mol. The van der Waals surface area contributed by atoms with Gasteiger partial charge in [-0.25, -0.2) is 0 Å². The minimum absolute atomic E-state index is 0.588. The lowest BCUT2D eigenvalue weighted by molar-refractivity contribution is -0.144. The monoisotopic (exact) mass is 298 g/mol. The second kappa shape index (κ2) is 8.14. The van der Waals surface area contributed by atoms with Crippen molar-refractivity contribution < 1.29 is 9.90 Å². The zero-order valence-corrected chi connectivity index (χ0v) is 14.4. The van der Waals surface area contributed by atoms with Crippen molar-refractivity contribution >= 4 is 5.97 Å². The van der Waals surface area contributed by atoms with Crippen LogP contribution in [-0.4, -0.2) is 48.2 Å². The Bertz CT molecular complexity index is 319. The first kappa shape index (κ1) is 18.4. The number of piperidine rings is 1. The van der Waals surface area contributed by atoms with Crippen LogP contribution in [0.15, 0.2) is 0 Å². The number of nitrogens with zero attached hydrogens (tertiary/aromatic N) is 1. The zero-order chi connectivity index (χ0) is 15.9. The number of rotatable bonds is 9. The first-order chi connectivity index (χ1) is 9.91. The van der Waals surface area contributed by atoms with Crippen LogP contribution >= 0.6 is 0 Å². The molecule has 0 radical (unpaired) electrons. The number of hydrogen-bond donors (Lipinski definition) is 2. The SMILES string of the molecule is CCC1(CC)CCN(CCCCC(C)(NC)C(=O)O)CC1. The van der Waals surface area contributed by atoms with Crippen molar-refractivity contribution in [3.8, 4) is 0 Å². The standard InChI is InChI=1S/C17H34N2O2/c1-5-17(6-2)10-13-19(14-11-17)12-8-7-9-16(3,18-4)15(20)21/h18H,5-14H2,1-4H3,(H,20,21). The van der Waals surface area contributed by atoms with E-state index in [2.05, 4.69) is 24.1 Å². The van der Waals surface area contributed by atoms with E-state index >= 15 is 0 Å². The van der Waals surface area contributed by atoms with E-state index in [0.29, 0.717) is 11.8 Å². The highest BCUT2D eigenvalue weighted by molar-refractivity contribution is 5.78. The van der Waals surface area contributed by atoms with E-state index in [0.717, 1.165) is 19.4 Å². The van der Waals surface area contributed by atoms with E-state index in [-0.39, 0.29) is 0 Å².